The summed E-state index contributed by atoms with van der Waals surface area (Å²) in [6.07, 6.45) is 13.0. The molecule has 2 aliphatic rings. The first-order valence-electron chi connectivity index (χ1n) is 3.77. The third-order valence-electron chi connectivity index (χ3n) is 1.86. The maximum absolute atomic E-state index is 3.26. The summed E-state index contributed by atoms with van der Waals surface area (Å²) in [5.41, 5.74) is 1.38. The molecule has 0 saturated heterocycles. The summed E-state index contributed by atoms with van der Waals surface area (Å²) in [7, 11) is 0. The summed E-state index contributed by atoms with van der Waals surface area (Å²) in [5, 5.41) is 3.26. The van der Waals surface area contributed by atoms with Crippen molar-refractivity contribution in [1.82, 2.24) is 5.32 Å². The van der Waals surface area contributed by atoms with Crippen LogP contribution in [0.1, 0.15) is 12.8 Å². The highest BCUT2D eigenvalue weighted by Crippen LogP contribution is 2.35. The molecule has 1 nitrogen and oxygen atoms in total. The molecule has 52 valence electrons. The molecule has 0 aromatic carbocycles. The second kappa shape index (κ2) is 2.33. The first kappa shape index (κ1) is 5.78. The molecule has 1 N–H and O–H groups in total. The monoisotopic (exact) mass is 133 g/mol. The zero-order chi connectivity index (χ0) is 6.81. The molecule has 1 heteroatoms. The Hall–Kier alpha value is -0.980. The van der Waals surface area contributed by atoms with Gasteiger partial charge in [-0.3, -0.25) is 0 Å². The molecule has 1 fully saturated rings. The quantitative estimate of drug-likeness (QED) is 0.576. The van der Waals surface area contributed by atoms with Crippen molar-refractivity contribution in [3.05, 3.63) is 36.2 Å². The lowest BCUT2D eigenvalue weighted by Crippen LogP contribution is -2.04. The first-order valence-corrected chi connectivity index (χ1v) is 3.77. The van der Waals surface area contributed by atoms with Crippen LogP contribution in [0.5, 0.6) is 0 Å². The molecular formula is C9H11N. The molecule has 1 saturated carbocycles. The minimum Gasteiger partial charge on any atom is -0.365 e. The van der Waals surface area contributed by atoms with Crippen LogP contribution >= 0.6 is 0 Å². The van der Waals surface area contributed by atoms with Gasteiger partial charge in [0.1, 0.15) is 0 Å². The molecule has 0 aromatic rings. The van der Waals surface area contributed by atoms with Gasteiger partial charge >= 0.3 is 0 Å². The van der Waals surface area contributed by atoms with Crippen LogP contribution in [0.2, 0.25) is 0 Å². The van der Waals surface area contributed by atoms with Gasteiger partial charge in [-0.05, 0) is 30.9 Å². The van der Waals surface area contributed by atoms with Gasteiger partial charge in [-0.25, -0.2) is 0 Å². The number of hydrogen-bond acceptors (Lipinski definition) is 1. The third kappa shape index (κ3) is 1.13. The molecule has 0 spiro atoms. The Balaban J connectivity index is 2.12. The van der Waals surface area contributed by atoms with Crippen LogP contribution in [-0.2, 0) is 0 Å². The molecule has 0 radical (unpaired) electrons. The standard InChI is InChI=1S/C9H11N/c1-2-4-9(8-5-6-8)10-7-3-1/h1-4,7-8,10H,5-6H2. The Bertz CT molecular complexity index is 207. The highest BCUT2D eigenvalue weighted by Gasteiger charge is 2.24. The number of rotatable bonds is 1. The van der Waals surface area contributed by atoms with Gasteiger partial charge in [0.25, 0.3) is 0 Å². The smallest absolute Gasteiger partial charge is 0.0178 e. The highest BCUT2D eigenvalue weighted by molar-refractivity contribution is 5.24. The predicted molar refractivity (Wildman–Crippen MR) is 42.2 cm³/mol. The van der Waals surface area contributed by atoms with Crippen molar-refractivity contribution >= 4 is 0 Å². The SMILES string of the molecule is C1=CC=C(C2CC2)NC=C1. The molecule has 1 aliphatic carbocycles. The Kier molecular flexibility index (Phi) is 1.35. The highest BCUT2D eigenvalue weighted by atomic mass is 14.9. The lowest BCUT2D eigenvalue weighted by atomic mass is 10.3. The van der Waals surface area contributed by atoms with E-state index < -0.39 is 0 Å². The van der Waals surface area contributed by atoms with E-state index in [1.165, 1.54) is 18.5 Å². The average molecular weight is 133 g/mol. The molecule has 0 atom stereocenters. The van der Waals surface area contributed by atoms with Crippen molar-refractivity contribution in [2.75, 3.05) is 0 Å². The van der Waals surface area contributed by atoms with E-state index in [1.807, 2.05) is 18.4 Å². The predicted octanol–water partition coefficient (Wildman–Crippen LogP) is 1.95. The molecule has 1 aliphatic heterocycles. The third-order valence-corrected chi connectivity index (χ3v) is 1.86. The van der Waals surface area contributed by atoms with Crippen LogP contribution in [0.25, 0.3) is 0 Å². The lowest BCUT2D eigenvalue weighted by molar-refractivity contribution is 0.884. The fourth-order valence-electron chi connectivity index (χ4n) is 1.12. The van der Waals surface area contributed by atoms with Crippen LogP contribution in [-0.4, -0.2) is 0 Å². The fourth-order valence-corrected chi connectivity index (χ4v) is 1.12. The minimum atomic E-state index is 0.826. The topological polar surface area (TPSA) is 12.0 Å². The van der Waals surface area contributed by atoms with E-state index >= 15 is 0 Å². The summed E-state index contributed by atoms with van der Waals surface area (Å²) in [6, 6.07) is 0. The Morgan fingerprint density at radius 1 is 1.20 bits per heavy atom. The van der Waals surface area contributed by atoms with Crippen LogP contribution in [0.15, 0.2) is 36.2 Å². The van der Waals surface area contributed by atoms with E-state index in [2.05, 4.69) is 17.5 Å². The van der Waals surface area contributed by atoms with Gasteiger partial charge < -0.3 is 5.32 Å². The lowest BCUT2D eigenvalue weighted by Gasteiger charge is -2.01. The average Bonchev–Trinajstić information content (AvgIpc) is 2.76. The van der Waals surface area contributed by atoms with Gasteiger partial charge in [0.2, 0.25) is 0 Å². The Labute approximate surface area is 61.1 Å². The Morgan fingerprint density at radius 3 is 2.90 bits per heavy atom. The van der Waals surface area contributed by atoms with Crippen LogP contribution in [0.3, 0.4) is 0 Å². The molecule has 0 aromatic heterocycles. The second-order valence-electron chi connectivity index (χ2n) is 2.78. The number of allylic oxidation sites excluding steroid dienone is 5. The van der Waals surface area contributed by atoms with E-state index in [0.717, 1.165) is 5.92 Å². The molecule has 1 heterocycles. The number of nitrogens with one attached hydrogen (secondary N) is 1. The van der Waals surface area contributed by atoms with E-state index in [-0.39, 0.29) is 0 Å². The molecule has 2 rings (SSSR count). The second-order valence-corrected chi connectivity index (χ2v) is 2.78. The maximum atomic E-state index is 3.26. The Morgan fingerprint density at radius 2 is 2.10 bits per heavy atom. The van der Waals surface area contributed by atoms with E-state index in [9.17, 15) is 0 Å². The van der Waals surface area contributed by atoms with Crippen molar-refractivity contribution < 1.29 is 0 Å². The summed E-state index contributed by atoms with van der Waals surface area (Å²) >= 11 is 0. The first-order chi connectivity index (χ1) is 4.97. The fraction of sp³-hybridized carbons (Fsp3) is 0.333. The van der Waals surface area contributed by atoms with Crippen molar-refractivity contribution in [3.63, 3.8) is 0 Å². The van der Waals surface area contributed by atoms with E-state index in [1.54, 1.807) is 0 Å². The van der Waals surface area contributed by atoms with E-state index in [4.69, 9.17) is 0 Å². The zero-order valence-electron chi connectivity index (χ0n) is 5.88. The zero-order valence-corrected chi connectivity index (χ0v) is 5.88. The van der Waals surface area contributed by atoms with Crippen molar-refractivity contribution in [2.45, 2.75) is 12.8 Å². The molecule has 0 unspecified atom stereocenters. The van der Waals surface area contributed by atoms with Gasteiger partial charge in [-0.2, -0.15) is 0 Å². The van der Waals surface area contributed by atoms with Gasteiger partial charge in [0.15, 0.2) is 0 Å². The van der Waals surface area contributed by atoms with Gasteiger partial charge in [0.05, 0.1) is 0 Å². The van der Waals surface area contributed by atoms with Gasteiger partial charge in [-0.1, -0.05) is 12.2 Å². The molecular weight excluding hydrogens is 122 g/mol. The minimum absolute atomic E-state index is 0.826. The van der Waals surface area contributed by atoms with Gasteiger partial charge in [-0.15, -0.1) is 0 Å². The summed E-state index contributed by atoms with van der Waals surface area (Å²) < 4.78 is 0. The summed E-state index contributed by atoms with van der Waals surface area (Å²) in [6.45, 7) is 0. The molecule has 0 amide bonds. The van der Waals surface area contributed by atoms with Crippen molar-refractivity contribution in [1.29, 1.82) is 0 Å². The normalized spacial score (nSPS) is 23.4. The maximum Gasteiger partial charge on any atom is 0.0178 e. The van der Waals surface area contributed by atoms with E-state index in [0.29, 0.717) is 0 Å². The number of hydrogen-bond donors (Lipinski definition) is 1. The summed E-state index contributed by atoms with van der Waals surface area (Å²) in [5.74, 6) is 0.826. The molecule has 0 bridgehead atoms. The molecule has 10 heavy (non-hydrogen) atoms. The van der Waals surface area contributed by atoms with Crippen molar-refractivity contribution in [2.24, 2.45) is 5.92 Å². The van der Waals surface area contributed by atoms with Crippen molar-refractivity contribution in [3.8, 4) is 0 Å². The van der Waals surface area contributed by atoms with Crippen LogP contribution in [0.4, 0.5) is 0 Å². The summed E-state index contributed by atoms with van der Waals surface area (Å²) in [4.78, 5) is 0. The van der Waals surface area contributed by atoms with Crippen LogP contribution < -0.4 is 5.32 Å². The van der Waals surface area contributed by atoms with Gasteiger partial charge in [0, 0.05) is 11.9 Å². The van der Waals surface area contributed by atoms with Crippen LogP contribution in [0, 0.1) is 5.92 Å². The largest absolute Gasteiger partial charge is 0.365 e.